The molecule has 11 rings (SSSR count). The van der Waals surface area contributed by atoms with Crippen molar-refractivity contribution < 1.29 is 25.8 Å². The molecule has 0 saturated heterocycles. The molecule has 0 unspecified atom stereocenters. The first-order valence-corrected chi connectivity index (χ1v) is 24.4. The standard InChI is InChI=1S/C63H57N7O.Pt/c1-61(2,3)43-28-24-41(25-29-43)58-65-59(42-26-30-44(31-27-42)62(4,5)6)67-60(66-58)51-38-50-49-19-10-11-20-52(49)70(57-23-14-15-36-64-57)55(50)39-56(51)71-48-18-16-17-47(37-48)69-40-68(53-21-12-13-22-54(53)69)46-34-32-45(33-35-46)63(7,8)9;/h10-35,38,40H,36H2,1-9H3;/q-4;+4. The molecular formula is C63H57N7OPt. The van der Waals surface area contributed by atoms with Crippen LogP contribution in [-0.4, -0.2) is 26.1 Å². The van der Waals surface area contributed by atoms with Gasteiger partial charge < -0.3 is 24.4 Å². The Morgan fingerprint density at radius 3 is 1.71 bits per heavy atom. The summed E-state index contributed by atoms with van der Waals surface area (Å²) in [5.41, 5.74) is 12.0. The molecule has 0 aliphatic carbocycles. The maximum absolute atomic E-state index is 7.11. The molecule has 0 bridgehead atoms. The first kappa shape index (κ1) is 48.4. The number of nitrogens with zero attached hydrogens (tertiary/aromatic N) is 7. The molecule has 4 heterocycles. The van der Waals surface area contributed by atoms with Gasteiger partial charge in [-0.15, -0.1) is 47.5 Å². The third-order valence-electron chi connectivity index (χ3n) is 13.4. The molecule has 8 nitrogen and oxygen atoms in total. The molecule has 0 amide bonds. The Hall–Kier alpha value is -7.28. The number of benzene rings is 7. The van der Waals surface area contributed by atoms with Crippen LogP contribution in [0.15, 0.2) is 164 Å². The van der Waals surface area contributed by atoms with Crippen LogP contribution in [0.5, 0.6) is 11.5 Å². The molecule has 2 aliphatic heterocycles. The molecule has 0 atom stereocenters. The van der Waals surface area contributed by atoms with Gasteiger partial charge in [-0.05, 0) is 74.8 Å². The number of allylic oxidation sites excluding steroid dienone is 2. The SMILES string of the molecule is CC(C)(C)c1ccc(-c2nc(-c3ccc(C(C)(C)C)cc3)nc(-c3cc4c5ccccc5n(C5=CC=CC[N-]5)c4[c-]c3Oc3[c-]c(N4[CH-]N(c5ccc(C(C)(C)C)cc5)c5ccccc54)ccc3)n2)cc1.[Pt+4]. The van der Waals surface area contributed by atoms with Crippen LogP contribution >= 0.6 is 0 Å². The van der Waals surface area contributed by atoms with Gasteiger partial charge in [-0.25, -0.2) is 15.0 Å². The molecule has 9 aromatic rings. The molecule has 0 N–H and O–H groups in total. The predicted molar refractivity (Wildman–Crippen MR) is 293 cm³/mol. The maximum atomic E-state index is 7.11. The number of para-hydroxylation sites is 3. The van der Waals surface area contributed by atoms with Crippen LogP contribution in [-0.2, 0) is 37.3 Å². The summed E-state index contributed by atoms with van der Waals surface area (Å²) in [6.07, 6.45) is 6.15. The van der Waals surface area contributed by atoms with Crippen molar-refractivity contribution in [2.24, 2.45) is 0 Å². The molecular weight excluding hydrogens is 1070 g/mol. The second kappa shape index (κ2) is 18.7. The van der Waals surface area contributed by atoms with E-state index in [0.29, 0.717) is 41.1 Å². The van der Waals surface area contributed by atoms with Crippen molar-refractivity contribution in [2.75, 3.05) is 16.3 Å². The Morgan fingerprint density at radius 1 is 0.569 bits per heavy atom. The van der Waals surface area contributed by atoms with E-state index in [4.69, 9.17) is 25.0 Å². The average molecular weight is 1120 g/mol. The van der Waals surface area contributed by atoms with Crippen LogP contribution in [0.3, 0.4) is 0 Å². The van der Waals surface area contributed by atoms with Crippen molar-refractivity contribution in [1.82, 2.24) is 19.5 Å². The van der Waals surface area contributed by atoms with Crippen molar-refractivity contribution >= 4 is 50.4 Å². The topological polar surface area (TPSA) is 73.4 Å². The summed E-state index contributed by atoms with van der Waals surface area (Å²) in [6.45, 7) is 22.8. The van der Waals surface area contributed by atoms with E-state index in [1.807, 2.05) is 18.2 Å². The summed E-state index contributed by atoms with van der Waals surface area (Å²) >= 11 is 0. The third kappa shape index (κ3) is 9.25. The second-order valence-electron chi connectivity index (χ2n) is 21.5. The van der Waals surface area contributed by atoms with Crippen LogP contribution in [0.2, 0.25) is 0 Å². The number of anilines is 4. The monoisotopic (exact) mass is 1120 g/mol. The number of hydrogen-bond donors (Lipinski definition) is 0. The fourth-order valence-corrected chi connectivity index (χ4v) is 9.33. The zero-order chi connectivity index (χ0) is 49.2. The summed E-state index contributed by atoms with van der Waals surface area (Å²) in [5.74, 6) is 3.37. The fraction of sp³-hybridized carbons (Fsp3) is 0.206. The van der Waals surface area contributed by atoms with Crippen molar-refractivity contribution in [3.8, 4) is 45.7 Å². The van der Waals surface area contributed by atoms with Gasteiger partial charge in [0.2, 0.25) is 0 Å². The maximum Gasteiger partial charge on any atom is 4.00 e. The largest absolute Gasteiger partial charge is 4.00 e. The van der Waals surface area contributed by atoms with E-state index in [1.165, 1.54) is 16.7 Å². The molecule has 0 radical (unpaired) electrons. The molecule has 72 heavy (non-hydrogen) atoms. The van der Waals surface area contributed by atoms with Crippen molar-refractivity contribution in [3.05, 3.63) is 205 Å². The van der Waals surface area contributed by atoms with E-state index in [2.05, 4.69) is 241 Å². The van der Waals surface area contributed by atoms with Gasteiger partial charge in [-0.1, -0.05) is 189 Å². The molecule has 2 aliphatic rings. The number of hydrogen-bond acceptors (Lipinski definition) is 6. The van der Waals surface area contributed by atoms with E-state index in [1.54, 1.807) is 0 Å². The second-order valence-corrected chi connectivity index (χ2v) is 21.5. The average Bonchev–Trinajstić information content (AvgIpc) is 3.92. The minimum Gasteiger partial charge on any atom is -0.508 e. The Kier molecular flexibility index (Phi) is 12.6. The van der Waals surface area contributed by atoms with Gasteiger partial charge >= 0.3 is 21.1 Å². The number of rotatable bonds is 8. The smallest absolute Gasteiger partial charge is 0.508 e. The summed E-state index contributed by atoms with van der Waals surface area (Å²) in [5, 5.41) is 6.96. The summed E-state index contributed by atoms with van der Waals surface area (Å²) in [4.78, 5) is 20.2. The summed E-state index contributed by atoms with van der Waals surface area (Å²) < 4.78 is 9.28. The number of ether oxygens (including phenoxy) is 1. The van der Waals surface area contributed by atoms with Crippen LogP contribution in [0.25, 0.3) is 67.1 Å². The predicted octanol–water partition coefficient (Wildman–Crippen LogP) is 16.4. The Balaban J connectivity index is 0.00000596. The van der Waals surface area contributed by atoms with Gasteiger partial charge in [0, 0.05) is 39.7 Å². The van der Waals surface area contributed by atoms with Gasteiger partial charge in [0.1, 0.15) is 5.82 Å². The Bertz CT molecular complexity index is 3460. The molecule has 0 saturated carbocycles. The van der Waals surface area contributed by atoms with E-state index < -0.39 is 0 Å². The Labute approximate surface area is 438 Å². The molecule has 360 valence electrons. The molecule has 0 spiro atoms. The van der Waals surface area contributed by atoms with Gasteiger partial charge in [0.25, 0.3) is 0 Å². The molecule has 7 aromatic carbocycles. The van der Waals surface area contributed by atoms with Crippen LogP contribution in [0.4, 0.5) is 22.7 Å². The number of aromatic nitrogens is 4. The van der Waals surface area contributed by atoms with Crippen LogP contribution in [0, 0.1) is 18.8 Å². The molecule has 0 fully saturated rings. The molecule has 9 heteroatoms. The first-order chi connectivity index (χ1) is 34.1. The zero-order valence-corrected chi connectivity index (χ0v) is 44.5. The fourth-order valence-electron chi connectivity index (χ4n) is 9.33. The minimum absolute atomic E-state index is 0. The first-order valence-electron chi connectivity index (χ1n) is 24.4. The van der Waals surface area contributed by atoms with Gasteiger partial charge in [-0.2, -0.15) is 12.1 Å². The van der Waals surface area contributed by atoms with E-state index in [0.717, 1.165) is 61.5 Å². The quantitative estimate of drug-likeness (QED) is 0.141. The molecule has 2 aromatic heterocycles. The van der Waals surface area contributed by atoms with Gasteiger partial charge in [0.15, 0.2) is 11.6 Å². The van der Waals surface area contributed by atoms with Crippen molar-refractivity contribution in [3.63, 3.8) is 0 Å². The zero-order valence-electron chi connectivity index (χ0n) is 42.2. The summed E-state index contributed by atoms with van der Waals surface area (Å²) in [6, 6.07) is 58.4. The van der Waals surface area contributed by atoms with E-state index >= 15 is 0 Å². The van der Waals surface area contributed by atoms with Gasteiger partial charge in [0.05, 0.1) is 0 Å². The van der Waals surface area contributed by atoms with Gasteiger partial charge in [-0.3, -0.25) is 0 Å². The normalized spacial score (nSPS) is 13.8. The van der Waals surface area contributed by atoms with Crippen LogP contribution in [0.1, 0.15) is 79.0 Å². The van der Waals surface area contributed by atoms with E-state index in [9.17, 15) is 0 Å². The number of fused-ring (bicyclic) bond motifs is 4. The summed E-state index contributed by atoms with van der Waals surface area (Å²) in [7, 11) is 0. The van der Waals surface area contributed by atoms with Crippen molar-refractivity contribution in [2.45, 2.75) is 78.6 Å². The minimum atomic E-state index is -0.0150. The van der Waals surface area contributed by atoms with Crippen LogP contribution < -0.4 is 14.5 Å². The van der Waals surface area contributed by atoms with E-state index in [-0.39, 0.29) is 37.3 Å². The Morgan fingerprint density at radius 2 is 1.12 bits per heavy atom. The van der Waals surface area contributed by atoms with Crippen molar-refractivity contribution in [1.29, 1.82) is 0 Å². The third-order valence-corrected chi connectivity index (χ3v) is 13.4.